The predicted molar refractivity (Wildman–Crippen MR) is 78.7 cm³/mol. The first-order chi connectivity index (χ1) is 9.58. The number of thioether (sulfide) groups is 1. The Morgan fingerprint density at radius 3 is 2.75 bits per heavy atom. The molecule has 0 aromatic heterocycles. The summed E-state index contributed by atoms with van der Waals surface area (Å²) in [7, 11) is 0. The molecule has 1 N–H and O–H groups in total. The molecule has 0 radical (unpaired) electrons. The molecule has 2 heterocycles. The molecule has 2 aliphatic rings. The van der Waals surface area contributed by atoms with Gasteiger partial charge in [0.15, 0.2) is 5.12 Å². The maximum Gasteiger partial charge on any atom is 0.303 e. The largest absolute Gasteiger partial charge is 0.481 e. The van der Waals surface area contributed by atoms with Crippen molar-refractivity contribution in [1.82, 2.24) is 0 Å². The Bertz CT molecular complexity index is 393. The second kappa shape index (κ2) is 7.27. The highest BCUT2D eigenvalue weighted by molar-refractivity contribution is 8.14. The Morgan fingerprint density at radius 1 is 1.30 bits per heavy atom. The summed E-state index contributed by atoms with van der Waals surface area (Å²) in [6.07, 6.45) is 9.58. The molecule has 0 saturated carbocycles. The van der Waals surface area contributed by atoms with Crippen LogP contribution < -0.4 is 0 Å². The summed E-state index contributed by atoms with van der Waals surface area (Å²) < 4.78 is 5.92. The quantitative estimate of drug-likeness (QED) is 0.578. The smallest absolute Gasteiger partial charge is 0.303 e. The Balaban J connectivity index is 1.77. The summed E-state index contributed by atoms with van der Waals surface area (Å²) in [6, 6.07) is 0. The van der Waals surface area contributed by atoms with E-state index < -0.39 is 5.97 Å². The molecular formula is C15H22O4S. The van der Waals surface area contributed by atoms with E-state index in [0.717, 1.165) is 25.7 Å². The van der Waals surface area contributed by atoms with E-state index in [1.54, 1.807) is 6.92 Å². The van der Waals surface area contributed by atoms with E-state index in [1.807, 2.05) is 0 Å². The molecule has 5 heteroatoms. The van der Waals surface area contributed by atoms with Gasteiger partial charge in [0, 0.05) is 24.5 Å². The van der Waals surface area contributed by atoms with Gasteiger partial charge in [-0.25, -0.2) is 0 Å². The minimum atomic E-state index is -0.738. The van der Waals surface area contributed by atoms with Gasteiger partial charge in [0.2, 0.25) is 0 Å². The van der Waals surface area contributed by atoms with Crippen LogP contribution in [0.5, 0.6) is 0 Å². The van der Waals surface area contributed by atoms with E-state index in [4.69, 9.17) is 9.84 Å². The number of hydrogen-bond acceptors (Lipinski definition) is 4. The standard InChI is InChI=1S/C15H22O4S/c1-10(16)20-15-11(12-8-9-13(15)19-12)6-4-2-3-5-7-14(17)18/h2,4,11-13,15H,3,5-9H2,1H3,(H,17,18)/b4-2-/t11-,12+,13-,15+/m0/s1. The lowest BCUT2D eigenvalue weighted by atomic mass is 9.86. The van der Waals surface area contributed by atoms with Crippen LogP contribution in [0.1, 0.15) is 45.4 Å². The van der Waals surface area contributed by atoms with Gasteiger partial charge < -0.3 is 9.84 Å². The van der Waals surface area contributed by atoms with E-state index >= 15 is 0 Å². The maximum atomic E-state index is 11.3. The highest BCUT2D eigenvalue weighted by atomic mass is 32.2. The highest BCUT2D eigenvalue weighted by Crippen LogP contribution is 2.46. The fraction of sp³-hybridized carbons (Fsp3) is 0.733. The molecule has 112 valence electrons. The lowest BCUT2D eigenvalue weighted by Gasteiger charge is -2.25. The van der Waals surface area contributed by atoms with Gasteiger partial charge in [-0.15, -0.1) is 0 Å². The van der Waals surface area contributed by atoms with Crippen molar-refractivity contribution in [2.45, 2.75) is 62.9 Å². The minimum absolute atomic E-state index is 0.168. The van der Waals surface area contributed by atoms with Gasteiger partial charge >= 0.3 is 5.97 Å². The van der Waals surface area contributed by atoms with Crippen LogP contribution in [0, 0.1) is 5.92 Å². The second-order valence-electron chi connectivity index (χ2n) is 5.52. The van der Waals surface area contributed by atoms with E-state index in [0.29, 0.717) is 23.7 Å². The molecule has 2 fully saturated rings. The molecule has 0 unspecified atom stereocenters. The molecule has 2 rings (SSSR count). The SMILES string of the molecule is CC(=O)S[C@@H]1[C@@H](C/C=C\CCCC(=O)O)[C@H]2CC[C@@H]1O2. The van der Waals surface area contributed by atoms with Crippen molar-refractivity contribution in [3.8, 4) is 0 Å². The van der Waals surface area contributed by atoms with Gasteiger partial charge in [0.05, 0.1) is 12.2 Å². The number of allylic oxidation sites excluding steroid dienone is 2. The molecule has 4 nitrogen and oxygen atoms in total. The lowest BCUT2D eigenvalue weighted by Crippen LogP contribution is -2.30. The van der Waals surface area contributed by atoms with Crippen LogP contribution >= 0.6 is 11.8 Å². The number of carboxylic acids is 1. The van der Waals surface area contributed by atoms with E-state index in [-0.39, 0.29) is 17.6 Å². The zero-order chi connectivity index (χ0) is 14.5. The van der Waals surface area contributed by atoms with Crippen molar-refractivity contribution in [1.29, 1.82) is 0 Å². The Labute approximate surface area is 124 Å². The summed E-state index contributed by atoms with van der Waals surface area (Å²) in [5, 5.41) is 9.03. The van der Waals surface area contributed by atoms with Crippen LogP contribution in [0.2, 0.25) is 0 Å². The van der Waals surface area contributed by atoms with E-state index in [2.05, 4.69) is 12.2 Å². The monoisotopic (exact) mass is 298 g/mol. The van der Waals surface area contributed by atoms with E-state index in [1.165, 1.54) is 11.8 Å². The van der Waals surface area contributed by atoms with Crippen LogP contribution in [0.15, 0.2) is 12.2 Å². The third kappa shape index (κ3) is 4.09. The number of carboxylic acid groups (broad SMARTS) is 1. The van der Waals surface area contributed by atoms with Gasteiger partial charge in [0.25, 0.3) is 0 Å². The van der Waals surface area contributed by atoms with Crippen molar-refractivity contribution < 1.29 is 19.4 Å². The third-order valence-corrected chi connectivity index (χ3v) is 5.25. The van der Waals surface area contributed by atoms with E-state index in [9.17, 15) is 9.59 Å². The molecule has 20 heavy (non-hydrogen) atoms. The summed E-state index contributed by atoms with van der Waals surface area (Å²) in [4.78, 5) is 21.7. The number of hydrogen-bond donors (Lipinski definition) is 1. The molecule has 0 amide bonds. The number of ether oxygens (including phenoxy) is 1. The number of fused-ring (bicyclic) bond motifs is 2. The van der Waals surface area contributed by atoms with Gasteiger partial charge in [-0.1, -0.05) is 23.9 Å². The number of rotatable bonds is 7. The van der Waals surface area contributed by atoms with Crippen LogP contribution in [0.25, 0.3) is 0 Å². The molecule has 2 bridgehead atoms. The maximum absolute atomic E-state index is 11.3. The Morgan fingerprint density at radius 2 is 2.05 bits per heavy atom. The molecule has 2 saturated heterocycles. The van der Waals surface area contributed by atoms with Crippen molar-refractivity contribution in [2.24, 2.45) is 5.92 Å². The zero-order valence-electron chi connectivity index (χ0n) is 11.8. The summed E-state index contributed by atoms with van der Waals surface area (Å²) in [5.74, 6) is -0.309. The van der Waals surface area contributed by atoms with Crippen molar-refractivity contribution in [2.75, 3.05) is 0 Å². The number of carbonyl (C=O) groups excluding carboxylic acids is 1. The first kappa shape index (κ1) is 15.6. The van der Waals surface area contributed by atoms with Crippen molar-refractivity contribution in [3.05, 3.63) is 12.2 Å². The lowest BCUT2D eigenvalue weighted by molar-refractivity contribution is -0.137. The topological polar surface area (TPSA) is 63.6 Å². The molecule has 0 spiro atoms. The van der Waals surface area contributed by atoms with Gasteiger partial charge in [-0.2, -0.15) is 0 Å². The van der Waals surface area contributed by atoms with Crippen LogP contribution in [0.3, 0.4) is 0 Å². The van der Waals surface area contributed by atoms with Gasteiger partial charge in [0.1, 0.15) is 0 Å². The first-order valence-corrected chi connectivity index (χ1v) is 8.15. The minimum Gasteiger partial charge on any atom is -0.481 e. The number of unbranched alkanes of at least 4 members (excludes halogenated alkanes) is 1. The fourth-order valence-corrected chi connectivity index (χ4v) is 4.31. The number of aliphatic carboxylic acids is 1. The normalized spacial score (nSPS) is 32.0. The molecule has 0 aromatic rings. The number of carbonyl (C=O) groups is 2. The Hall–Kier alpha value is -0.810. The molecular weight excluding hydrogens is 276 g/mol. The zero-order valence-corrected chi connectivity index (χ0v) is 12.6. The Kier molecular flexibility index (Phi) is 5.66. The average Bonchev–Trinajstić information content (AvgIpc) is 2.94. The van der Waals surface area contributed by atoms with Crippen molar-refractivity contribution in [3.63, 3.8) is 0 Å². The average molecular weight is 298 g/mol. The van der Waals surface area contributed by atoms with Gasteiger partial charge in [-0.05, 0) is 32.1 Å². The second-order valence-corrected chi connectivity index (χ2v) is 6.88. The first-order valence-electron chi connectivity index (χ1n) is 7.27. The van der Waals surface area contributed by atoms with Gasteiger partial charge in [-0.3, -0.25) is 9.59 Å². The molecule has 0 aromatic carbocycles. The summed E-state index contributed by atoms with van der Waals surface area (Å²) >= 11 is 1.43. The predicted octanol–water partition coefficient (Wildman–Crippen LogP) is 3.01. The fourth-order valence-electron chi connectivity index (χ4n) is 3.12. The highest BCUT2D eigenvalue weighted by Gasteiger charge is 2.48. The van der Waals surface area contributed by atoms with Crippen LogP contribution in [0.4, 0.5) is 0 Å². The third-order valence-electron chi connectivity index (χ3n) is 3.99. The molecule has 2 aliphatic heterocycles. The van der Waals surface area contributed by atoms with Crippen LogP contribution in [-0.4, -0.2) is 33.6 Å². The molecule has 0 aliphatic carbocycles. The summed E-state index contributed by atoms with van der Waals surface area (Å²) in [6.45, 7) is 1.62. The van der Waals surface area contributed by atoms with Crippen LogP contribution in [-0.2, 0) is 14.3 Å². The van der Waals surface area contributed by atoms with Crippen molar-refractivity contribution >= 4 is 22.8 Å². The summed E-state index contributed by atoms with van der Waals surface area (Å²) in [5.41, 5.74) is 0. The molecule has 4 atom stereocenters.